The van der Waals surface area contributed by atoms with Crippen LogP contribution in [0.4, 0.5) is 0 Å². The highest BCUT2D eigenvalue weighted by Crippen LogP contribution is 2.12. The lowest BCUT2D eigenvalue weighted by Crippen LogP contribution is -2.40. The second-order valence-electron chi connectivity index (χ2n) is 5.55. The van der Waals surface area contributed by atoms with Crippen LogP contribution in [0.2, 0.25) is 0 Å². The summed E-state index contributed by atoms with van der Waals surface area (Å²) in [6, 6.07) is 8.10. The van der Waals surface area contributed by atoms with Crippen LogP contribution in [0.5, 0.6) is 5.75 Å². The molecule has 1 aromatic heterocycles. The fraction of sp³-hybridized carbons (Fsp3) is 0.294. The van der Waals surface area contributed by atoms with Gasteiger partial charge >= 0.3 is 11.7 Å². The fourth-order valence-corrected chi connectivity index (χ4v) is 2.19. The Balaban J connectivity index is 1.81. The first-order chi connectivity index (χ1) is 12.4. The van der Waals surface area contributed by atoms with Gasteiger partial charge in [-0.25, -0.2) is 9.59 Å². The zero-order valence-corrected chi connectivity index (χ0v) is 14.2. The number of rotatable bonds is 8. The van der Waals surface area contributed by atoms with Crippen molar-refractivity contribution in [2.24, 2.45) is 7.05 Å². The predicted molar refractivity (Wildman–Crippen MR) is 92.2 cm³/mol. The maximum absolute atomic E-state index is 11.9. The highest BCUT2D eigenvalue weighted by molar-refractivity contribution is 5.75. The van der Waals surface area contributed by atoms with Crippen molar-refractivity contribution in [2.45, 2.75) is 13.0 Å². The van der Waals surface area contributed by atoms with Crippen molar-refractivity contribution in [3.63, 3.8) is 0 Å². The lowest BCUT2D eigenvalue weighted by atomic mass is 10.1. The quantitative estimate of drug-likeness (QED) is 0.646. The summed E-state index contributed by atoms with van der Waals surface area (Å²) in [5, 5.41) is 11.2. The summed E-state index contributed by atoms with van der Waals surface area (Å²) in [6.07, 6.45) is 1.85. The van der Waals surface area contributed by atoms with E-state index in [1.165, 1.54) is 19.3 Å². The number of nitrogens with one attached hydrogen (secondary N) is 1. The Morgan fingerprint density at radius 1 is 1.15 bits per heavy atom. The van der Waals surface area contributed by atoms with Gasteiger partial charge in [-0.2, -0.15) is 0 Å². The fourth-order valence-electron chi connectivity index (χ4n) is 2.19. The summed E-state index contributed by atoms with van der Waals surface area (Å²) >= 11 is 0. The normalized spacial score (nSPS) is 10.3. The van der Waals surface area contributed by atoms with Crippen molar-refractivity contribution in [3.05, 3.63) is 62.9 Å². The van der Waals surface area contributed by atoms with Crippen LogP contribution in [0.15, 0.2) is 46.1 Å². The molecule has 0 aliphatic heterocycles. The van der Waals surface area contributed by atoms with E-state index in [2.05, 4.69) is 5.32 Å². The Morgan fingerprint density at radius 2 is 1.85 bits per heavy atom. The number of carbonyl (C=O) groups excluding carboxylic acids is 1. The van der Waals surface area contributed by atoms with Crippen LogP contribution in [0.25, 0.3) is 0 Å². The number of nitrogens with zero attached hydrogens (tertiary/aromatic N) is 2. The summed E-state index contributed by atoms with van der Waals surface area (Å²) in [7, 11) is 1.35. The lowest BCUT2D eigenvalue weighted by molar-refractivity contribution is -0.139. The maximum Gasteiger partial charge on any atom is 0.341 e. The van der Waals surface area contributed by atoms with E-state index < -0.39 is 23.8 Å². The molecule has 0 radical (unpaired) electrons. The number of carboxylic acids is 1. The van der Waals surface area contributed by atoms with E-state index in [-0.39, 0.29) is 12.5 Å². The molecule has 0 bridgehead atoms. The van der Waals surface area contributed by atoms with Gasteiger partial charge in [0.2, 0.25) is 5.91 Å². The van der Waals surface area contributed by atoms with Gasteiger partial charge in [-0.05, 0) is 24.1 Å². The Hall–Kier alpha value is -3.36. The molecule has 1 amide bonds. The smallest absolute Gasteiger partial charge is 0.341 e. The number of carboxylic acid groups (broad SMARTS) is 1. The van der Waals surface area contributed by atoms with E-state index in [9.17, 15) is 19.2 Å². The van der Waals surface area contributed by atoms with Crippen LogP contribution >= 0.6 is 0 Å². The number of ether oxygens (including phenoxy) is 1. The average Bonchev–Trinajstić information content (AvgIpc) is 2.61. The van der Waals surface area contributed by atoms with Gasteiger partial charge in [0.05, 0.1) is 0 Å². The summed E-state index contributed by atoms with van der Waals surface area (Å²) in [5.74, 6) is -0.934. The van der Waals surface area contributed by atoms with Crippen molar-refractivity contribution < 1.29 is 19.4 Å². The average molecular weight is 361 g/mol. The van der Waals surface area contributed by atoms with Crippen LogP contribution in [-0.2, 0) is 29.6 Å². The number of amides is 1. The van der Waals surface area contributed by atoms with Gasteiger partial charge in [0.15, 0.2) is 6.61 Å². The molecule has 0 atom stereocenters. The minimum absolute atomic E-state index is 0.172. The molecule has 2 N–H and O–H groups in total. The van der Waals surface area contributed by atoms with E-state index in [4.69, 9.17) is 9.84 Å². The third-order valence-electron chi connectivity index (χ3n) is 3.60. The second-order valence-corrected chi connectivity index (χ2v) is 5.55. The van der Waals surface area contributed by atoms with Crippen molar-refractivity contribution in [1.29, 1.82) is 0 Å². The van der Waals surface area contributed by atoms with Gasteiger partial charge in [0.25, 0.3) is 5.56 Å². The maximum atomic E-state index is 11.9. The SMILES string of the molecule is Cn1c(=O)ccn(CC(=O)NCCc2ccc(OCC(=O)O)cc2)c1=O. The van der Waals surface area contributed by atoms with Crippen molar-refractivity contribution in [1.82, 2.24) is 14.5 Å². The first-order valence-electron chi connectivity index (χ1n) is 7.83. The van der Waals surface area contributed by atoms with Gasteiger partial charge in [0, 0.05) is 25.9 Å². The Bertz CT molecular complexity index is 898. The molecule has 0 saturated heterocycles. The van der Waals surface area contributed by atoms with Crippen LogP contribution in [-0.4, -0.2) is 39.3 Å². The molecule has 26 heavy (non-hydrogen) atoms. The molecule has 0 saturated carbocycles. The predicted octanol–water partition coefficient (Wildman–Crippen LogP) is -0.631. The number of aromatic nitrogens is 2. The first-order valence-corrected chi connectivity index (χ1v) is 7.83. The second kappa shape index (κ2) is 8.65. The minimum Gasteiger partial charge on any atom is -0.482 e. The molecule has 1 aromatic carbocycles. The van der Waals surface area contributed by atoms with Crippen molar-refractivity contribution in [3.8, 4) is 5.75 Å². The van der Waals surface area contributed by atoms with Gasteiger partial charge in [-0.15, -0.1) is 0 Å². The zero-order valence-electron chi connectivity index (χ0n) is 14.2. The highest BCUT2D eigenvalue weighted by Gasteiger charge is 2.06. The summed E-state index contributed by atoms with van der Waals surface area (Å²) in [6.45, 7) is -0.205. The summed E-state index contributed by atoms with van der Waals surface area (Å²) in [5.41, 5.74) is -0.0423. The molecule has 1 heterocycles. The van der Waals surface area contributed by atoms with E-state index in [0.29, 0.717) is 18.7 Å². The third kappa shape index (κ3) is 5.33. The molecular formula is C17H19N3O6. The molecule has 0 aliphatic carbocycles. The monoisotopic (exact) mass is 361 g/mol. The van der Waals surface area contributed by atoms with E-state index >= 15 is 0 Å². The third-order valence-corrected chi connectivity index (χ3v) is 3.60. The number of hydrogen-bond acceptors (Lipinski definition) is 5. The molecule has 2 rings (SSSR count). The summed E-state index contributed by atoms with van der Waals surface area (Å²) in [4.78, 5) is 45.5. The molecule has 9 heteroatoms. The molecule has 9 nitrogen and oxygen atoms in total. The molecule has 2 aromatic rings. The molecule has 0 unspecified atom stereocenters. The van der Waals surface area contributed by atoms with E-state index in [1.807, 2.05) is 0 Å². The lowest BCUT2D eigenvalue weighted by Gasteiger charge is -2.09. The van der Waals surface area contributed by atoms with Crippen LogP contribution in [0.1, 0.15) is 5.56 Å². The van der Waals surface area contributed by atoms with Gasteiger partial charge in [-0.1, -0.05) is 12.1 Å². The van der Waals surface area contributed by atoms with Gasteiger partial charge in [0.1, 0.15) is 12.3 Å². The van der Waals surface area contributed by atoms with E-state index in [1.54, 1.807) is 24.3 Å². The van der Waals surface area contributed by atoms with Gasteiger partial charge < -0.3 is 15.2 Å². The van der Waals surface area contributed by atoms with Crippen LogP contribution in [0, 0.1) is 0 Å². The van der Waals surface area contributed by atoms with Crippen molar-refractivity contribution >= 4 is 11.9 Å². The molecule has 0 aliphatic rings. The Kier molecular flexibility index (Phi) is 6.31. The number of carbonyl (C=O) groups is 2. The standard InChI is InChI=1S/C17H19N3O6/c1-19-15(22)7-9-20(17(19)25)10-14(21)18-8-6-12-2-4-13(5-3-12)26-11-16(23)24/h2-5,7,9H,6,8,10-11H2,1H3,(H,18,21)(H,23,24). The molecule has 138 valence electrons. The van der Waals surface area contributed by atoms with E-state index in [0.717, 1.165) is 14.7 Å². The molecular weight excluding hydrogens is 342 g/mol. The Labute approximate surface area is 148 Å². The van der Waals surface area contributed by atoms with Gasteiger partial charge in [-0.3, -0.25) is 18.7 Å². The number of hydrogen-bond donors (Lipinski definition) is 2. The van der Waals surface area contributed by atoms with Crippen molar-refractivity contribution in [2.75, 3.05) is 13.2 Å². The molecule has 0 spiro atoms. The minimum atomic E-state index is -1.05. The topological polar surface area (TPSA) is 120 Å². The zero-order chi connectivity index (χ0) is 19.1. The number of aliphatic carboxylic acids is 1. The first kappa shape index (κ1) is 19.0. The van der Waals surface area contributed by atoms with Crippen LogP contribution < -0.4 is 21.3 Å². The largest absolute Gasteiger partial charge is 0.482 e. The molecule has 0 fully saturated rings. The van der Waals surface area contributed by atoms with Crippen LogP contribution in [0.3, 0.4) is 0 Å². The highest BCUT2D eigenvalue weighted by atomic mass is 16.5. The Morgan fingerprint density at radius 3 is 2.50 bits per heavy atom. The summed E-state index contributed by atoms with van der Waals surface area (Å²) < 4.78 is 7.12. The number of benzene rings is 1.